The van der Waals surface area contributed by atoms with Gasteiger partial charge in [0.2, 0.25) is 0 Å². The van der Waals surface area contributed by atoms with Crippen molar-refractivity contribution >= 4 is 22.6 Å². The Balaban J connectivity index is 3.06. The van der Waals surface area contributed by atoms with Crippen LogP contribution in [0.5, 0.6) is 0 Å². The molecule has 1 unspecified atom stereocenters. The molecule has 0 rings (SSSR count). The second-order valence-corrected chi connectivity index (χ2v) is 5.57. The Morgan fingerprint density at radius 2 is 1.43 bits per heavy atom. The van der Waals surface area contributed by atoms with Crippen LogP contribution in [0.15, 0.2) is 0 Å². The van der Waals surface area contributed by atoms with Gasteiger partial charge in [0.15, 0.2) is 0 Å². The van der Waals surface area contributed by atoms with Gasteiger partial charge in [-0.25, -0.2) is 0 Å². The van der Waals surface area contributed by atoms with Crippen LogP contribution in [0.4, 0.5) is 0 Å². The van der Waals surface area contributed by atoms with Crippen LogP contribution in [0.2, 0.25) is 0 Å². The monoisotopic (exact) mass is 310 g/mol. The van der Waals surface area contributed by atoms with Crippen LogP contribution >= 0.6 is 22.6 Å². The summed E-state index contributed by atoms with van der Waals surface area (Å²) < 4.78 is 1.33. The lowest BCUT2D eigenvalue weighted by Crippen LogP contribution is -1.95. The lowest BCUT2D eigenvalue weighted by atomic mass is 9.97. The number of halogens is 1. The molecule has 0 amide bonds. The number of unbranched alkanes of at least 4 members (excludes halogenated alkanes) is 5. The van der Waals surface area contributed by atoms with Crippen molar-refractivity contribution < 1.29 is 0 Å². The molecule has 0 bridgehead atoms. The van der Waals surface area contributed by atoms with Crippen molar-refractivity contribution in [1.82, 2.24) is 0 Å². The van der Waals surface area contributed by atoms with Crippen molar-refractivity contribution in [3.05, 3.63) is 0 Å². The maximum absolute atomic E-state index is 2.48. The van der Waals surface area contributed by atoms with Crippen molar-refractivity contribution in [2.24, 2.45) is 5.92 Å². The lowest BCUT2D eigenvalue weighted by Gasteiger charge is -2.10. The third kappa shape index (κ3) is 10.8. The molecule has 0 aliphatic heterocycles. The number of hydrogen-bond acceptors (Lipinski definition) is 0. The maximum Gasteiger partial charge on any atom is -0.000473 e. The van der Waals surface area contributed by atoms with Crippen molar-refractivity contribution in [2.45, 2.75) is 71.6 Å². The highest BCUT2D eigenvalue weighted by Crippen LogP contribution is 2.16. The van der Waals surface area contributed by atoms with Gasteiger partial charge in [-0.2, -0.15) is 0 Å². The lowest BCUT2D eigenvalue weighted by molar-refractivity contribution is 0.444. The summed E-state index contributed by atoms with van der Waals surface area (Å²) in [5.74, 6) is 0.972. The number of hydrogen-bond donors (Lipinski definition) is 0. The van der Waals surface area contributed by atoms with E-state index in [0.29, 0.717) is 0 Å². The van der Waals surface area contributed by atoms with Crippen molar-refractivity contribution in [1.29, 1.82) is 0 Å². The number of rotatable bonds is 10. The molecule has 0 nitrogen and oxygen atoms in total. The first-order valence-electron chi connectivity index (χ1n) is 6.37. The summed E-state index contributed by atoms with van der Waals surface area (Å²) in [5.41, 5.74) is 0. The Labute approximate surface area is 104 Å². The molecule has 1 atom stereocenters. The standard InChI is InChI=1S/C13H27I/c1-3-4-5-6-7-10-13(2)11-8-9-12-14/h13H,3-12H2,1-2H3. The second kappa shape index (κ2) is 11.8. The summed E-state index contributed by atoms with van der Waals surface area (Å²) in [7, 11) is 0. The van der Waals surface area contributed by atoms with Crippen LogP contribution in [0.3, 0.4) is 0 Å². The Kier molecular flexibility index (Phi) is 12.4. The van der Waals surface area contributed by atoms with Gasteiger partial charge in [0.25, 0.3) is 0 Å². The van der Waals surface area contributed by atoms with E-state index in [1.807, 2.05) is 0 Å². The van der Waals surface area contributed by atoms with Gasteiger partial charge in [-0.1, -0.05) is 87.8 Å². The first-order chi connectivity index (χ1) is 6.81. The van der Waals surface area contributed by atoms with E-state index in [0.717, 1.165) is 5.92 Å². The quantitative estimate of drug-likeness (QED) is 0.280. The summed E-state index contributed by atoms with van der Waals surface area (Å²) in [6.45, 7) is 4.71. The molecule has 14 heavy (non-hydrogen) atoms. The van der Waals surface area contributed by atoms with Gasteiger partial charge in [0, 0.05) is 0 Å². The Hall–Kier alpha value is 0.730. The van der Waals surface area contributed by atoms with E-state index in [9.17, 15) is 0 Å². The van der Waals surface area contributed by atoms with Gasteiger partial charge < -0.3 is 0 Å². The largest absolute Gasteiger partial charge is 0.0864 e. The van der Waals surface area contributed by atoms with Crippen molar-refractivity contribution in [3.63, 3.8) is 0 Å². The molecule has 0 saturated carbocycles. The van der Waals surface area contributed by atoms with E-state index in [1.54, 1.807) is 0 Å². The zero-order valence-corrected chi connectivity index (χ0v) is 12.2. The molecule has 0 aliphatic carbocycles. The molecular formula is C13H27I. The Morgan fingerprint density at radius 3 is 2.00 bits per heavy atom. The normalized spacial score (nSPS) is 13.1. The van der Waals surface area contributed by atoms with E-state index in [-0.39, 0.29) is 0 Å². The average molecular weight is 310 g/mol. The van der Waals surface area contributed by atoms with Gasteiger partial charge in [-0.05, 0) is 16.8 Å². The summed E-state index contributed by atoms with van der Waals surface area (Å²) in [4.78, 5) is 0. The van der Waals surface area contributed by atoms with Crippen LogP contribution in [0.1, 0.15) is 71.6 Å². The first-order valence-corrected chi connectivity index (χ1v) is 7.89. The predicted octanol–water partition coefficient (Wildman–Crippen LogP) is 5.59. The highest BCUT2D eigenvalue weighted by atomic mass is 127. The van der Waals surface area contributed by atoms with E-state index >= 15 is 0 Å². The highest BCUT2D eigenvalue weighted by molar-refractivity contribution is 14.1. The smallest absolute Gasteiger partial charge is 0.000473 e. The molecule has 0 fully saturated rings. The second-order valence-electron chi connectivity index (χ2n) is 4.49. The fourth-order valence-electron chi connectivity index (χ4n) is 1.83. The molecule has 86 valence electrons. The SMILES string of the molecule is CCCCCCCC(C)CCCCI. The molecule has 0 aliphatic rings. The average Bonchev–Trinajstić information content (AvgIpc) is 2.18. The molecule has 0 heterocycles. The first kappa shape index (κ1) is 14.7. The molecular weight excluding hydrogens is 283 g/mol. The van der Waals surface area contributed by atoms with Crippen LogP contribution < -0.4 is 0 Å². The van der Waals surface area contributed by atoms with E-state index in [1.165, 1.54) is 62.2 Å². The fourth-order valence-corrected chi connectivity index (χ4v) is 2.37. The zero-order valence-electron chi connectivity index (χ0n) is 10.0. The Morgan fingerprint density at radius 1 is 0.857 bits per heavy atom. The molecule has 0 aromatic carbocycles. The molecule has 0 N–H and O–H groups in total. The van der Waals surface area contributed by atoms with Crippen molar-refractivity contribution in [2.75, 3.05) is 4.43 Å². The minimum Gasteiger partial charge on any atom is -0.0864 e. The van der Waals surface area contributed by atoms with Crippen LogP contribution in [-0.2, 0) is 0 Å². The highest BCUT2D eigenvalue weighted by Gasteiger charge is 2.01. The van der Waals surface area contributed by atoms with Gasteiger partial charge in [-0.15, -0.1) is 0 Å². The van der Waals surface area contributed by atoms with E-state index in [4.69, 9.17) is 0 Å². The molecule has 0 aromatic rings. The van der Waals surface area contributed by atoms with Crippen molar-refractivity contribution in [3.8, 4) is 0 Å². The predicted molar refractivity (Wildman–Crippen MR) is 75.3 cm³/mol. The molecule has 0 radical (unpaired) electrons. The van der Waals surface area contributed by atoms with Crippen LogP contribution in [-0.4, -0.2) is 4.43 Å². The third-order valence-corrected chi connectivity index (χ3v) is 3.64. The Bertz CT molecular complexity index is 101. The molecule has 0 aromatic heterocycles. The molecule has 0 saturated heterocycles. The van der Waals surface area contributed by atoms with Crippen LogP contribution in [0, 0.1) is 5.92 Å². The maximum atomic E-state index is 2.48. The van der Waals surface area contributed by atoms with Gasteiger partial charge in [0.05, 0.1) is 0 Å². The summed E-state index contributed by atoms with van der Waals surface area (Å²) in [6, 6.07) is 0. The zero-order chi connectivity index (χ0) is 10.6. The molecule has 1 heteroatoms. The summed E-state index contributed by atoms with van der Waals surface area (Å²) in [5, 5.41) is 0. The summed E-state index contributed by atoms with van der Waals surface area (Å²) >= 11 is 2.48. The number of alkyl halides is 1. The van der Waals surface area contributed by atoms with E-state index in [2.05, 4.69) is 36.4 Å². The molecule has 0 spiro atoms. The third-order valence-electron chi connectivity index (χ3n) is 2.88. The summed E-state index contributed by atoms with van der Waals surface area (Å²) in [6.07, 6.45) is 13.0. The van der Waals surface area contributed by atoms with Gasteiger partial charge >= 0.3 is 0 Å². The van der Waals surface area contributed by atoms with Gasteiger partial charge in [0.1, 0.15) is 0 Å². The fraction of sp³-hybridized carbons (Fsp3) is 1.00. The topological polar surface area (TPSA) is 0 Å². The minimum absolute atomic E-state index is 0.972. The van der Waals surface area contributed by atoms with Crippen LogP contribution in [0.25, 0.3) is 0 Å². The van der Waals surface area contributed by atoms with Gasteiger partial charge in [-0.3, -0.25) is 0 Å². The minimum atomic E-state index is 0.972. The van der Waals surface area contributed by atoms with E-state index < -0.39 is 0 Å².